The molecular weight excluding hydrogens is 292 g/mol. The molecule has 0 amide bonds. The van der Waals surface area contributed by atoms with Crippen LogP contribution in [-0.2, 0) is 6.54 Å². The molecule has 1 fully saturated rings. The number of halogens is 1. The van der Waals surface area contributed by atoms with Crippen LogP contribution >= 0.6 is 11.6 Å². The molecule has 2 aromatic carbocycles. The largest absolute Gasteiger partial charge is 0.299 e. The molecule has 1 aliphatic heterocycles. The molecule has 1 unspecified atom stereocenters. The predicted molar refractivity (Wildman–Crippen MR) is 93.2 cm³/mol. The van der Waals surface area contributed by atoms with Gasteiger partial charge in [-0.3, -0.25) is 9.80 Å². The average molecular weight is 315 g/mol. The third-order valence-electron chi connectivity index (χ3n) is 4.29. The van der Waals surface area contributed by atoms with Gasteiger partial charge in [0, 0.05) is 39.3 Å². The van der Waals surface area contributed by atoms with Gasteiger partial charge in [-0.25, -0.2) is 0 Å². The zero-order chi connectivity index (χ0) is 15.2. The Kier molecular flexibility index (Phi) is 5.49. The Hall–Kier alpha value is -1.35. The van der Waals surface area contributed by atoms with Gasteiger partial charge in [-0.2, -0.15) is 0 Å². The Morgan fingerprint density at radius 2 is 1.32 bits per heavy atom. The monoisotopic (exact) mass is 314 g/mol. The van der Waals surface area contributed by atoms with Crippen molar-refractivity contribution in [2.75, 3.05) is 32.7 Å². The zero-order valence-electron chi connectivity index (χ0n) is 12.9. The highest BCUT2D eigenvalue weighted by Gasteiger charge is 2.19. The molecule has 0 aromatic heterocycles. The number of rotatable bonds is 5. The van der Waals surface area contributed by atoms with Crippen molar-refractivity contribution in [3.05, 3.63) is 71.8 Å². The molecule has 0 N–H and O–H groups in total. The smallest absolute Gasteiger partial charge is 0.0712 e. The Morgan fingerprint density at radius 1 is 0.773 bits per heavy atom. The molecule has 0 radical (unpaired) electrons. The van der Waals surface area contributed by atoms with Gasteiger partial charge in [0.15, 0.2) is 0 Å². The maximum atomic E-state index is 6.55. The van der Waals surface area contributed by atoms with E-state index >= 15 is 0 Å². The van der Waals surface area contributed by atoms with Crippen LogP contribution in [-0.4, -0.2) is 42.5 Å². The molecule has 0 bridgehead atoms. The number of alkyl halides is 1. The highest BCUT2D eigenvalue weighted by Crippen LogP contribution is 2.22. The van der Waals surface area contributed by atoms with Crippen molar-refractivity contribution < 1.29 is 0 Å². The molecule has 0 saturated carbocycles. The van der Waals surface area contributed by atoms with Crippen molar-refractivity contribution >= 4 is 11.6 Å². The fourth-order valence-electron chi connectivity index (χ4n) is 2.97. The van der Waals surface area contributed by atoms with Crippen molar-refractivity contribution in [2.45, 2.75) is 11.9 Å². The number of benzene rings is 2. The maximum Gasteiger partial charge on any atom is 0.0712 e. The summed E-state index contributed by atoms with van der Waals surface area (Å²) in [6.07, 6.45) is 0. The fourth-order valence-corrected chi connectivity index (χ4v) is 3.31. The summed E-state index contributed by atoms with van der Waals surface area (Å²) >= 11 is 6.55. The minimum Gasteiger partial charge on any atom is -0.299 e. The quantitative estimate of drug-likeness (QED) is 0.775. The SMILES string of the molecule is ClC(CN1CCN(Cc2ccccc2)CC1)c1ccccc1. The Bertz CT molecular complexity index is 550. The third kappa shape index (κ3) is 4.33. The summed E-state index contributed by atoms with van der Waals surface area (Å²) in [5.41, 5.74) is 2.62. The Morgan fingerprint density at radius 3 is 1.95 bits per heavy atom. The Labute approximate surface area is 138 Å². The van der Waals surface area contributed by atoms with Crippen LogP contribution in [0.25, 0.3) is 0 Å². The van der Waals surface area contributed by atoms with Crippen molar-refractivity contribution in [2.24, 2.45) is 0 Å². The van der Waals surface area contributed by atoms with Crippen molar-refractivity contribution in [3.63, 3.8) is 0 Å². The molecule has 2 aromatic rings. The van der Waals surface area contributed by atoms with E-state index in [1.165, 1.54) is 11.1 Å². The first-order valence-electron chi connectivity index (χ1n) is 7.99. The van der Waals surface area contributed by atoms with E-state index in [0.717, 1.165) is 39.3 Å². The second kappa shape index (κ2) is 7.77. The molecule has 3 rings (SSSR count). The zero-order valence-corrected chi connectivity index (χ0v) is 13.6. The van der Waals surface area contributed by atoms with Crippen LogP contribution < -0.4 is 0 Å². The molecule has 1 heterocycles. The van der Waals surface area contributed by atoms with Gasteiger partial charge < -0.3 is 0 Å². The van der Waals surface area contributed by atoms with E-state index in [1.807, 2.05) is 6.07 Å². The molecule has 1 saturated heterocycles. The van der Waals surface area contributed by atoms with Gasteiger partial charge in [0.05, 0.1) is 5.38 Å². The minimum atomic E-state index is 0.0851. The first-order chi connectivity index (χ1) is 10.8. The van der Waals surface area contributed by atoms with Gasteiger partial charge in [-0.15, -0.1) is 11.6 Å². The average Bonchev–Trinajstić information content (AvgIpc) is 2.58. The van der Waals surface area contributed by atoms with Crippen LogP contribution in [0.5, 0.6) is 0 Å². The topological polar surface area (TPSA) is 6.48 Å². The number of hydrogen-bond donors (Lipinski definition) is 0. The predicted octanol–water partition coefficient (Wildman–Crippen LogP) is 3.78. The van der Waals surface area contributed by atoms with E-state index in [0.29, 0.717) is 0 Å². The lowest BCUT2D eigenvalue weighted by molar-refractivity contribution is 0.127. The van der Waals surface area contributed by atoms with E-state index < -0.39 is 0 Å². The van der Waals surface area contributed by atoms with E-state index in [4.69, 9.17) is 11.6 Å². The molecule has 3 heteroatoms. The normalized spacial score (nSPS) is 18.2. The lowest BCUT2D eigenvalue weighted by Crippen LogP contribution is -2.46. The molecule has 1 atom stereocenters. The first-order valence-corrected chi connectivity index (χ1v) is 8.42. The lowest BCUT2D eigenvalue weighted by Gasteiger charge is -2.35. The van der Waals surface area contributed by atoms with E-state index in [-0.39, 0.29) is 5.38 Å². The van der Waals surface area contributed by atoms with E-state index in [1.54, 1.807) is 0 Å². The van der Waals surface area contributed by atoms with Gasteiger partial charge in [-0.1, -0.05) is 60.7 Å². The van der Waals surface area contributed by atoms with Crippen LogP contribution in [0.15, 0.2) is 60.7 Å². The summed E-state index contributed by atoms with van der Waals surface area (Å²) in [5, 5.41) is 0.0851. The van der Waals surface area contributed by atoms with Crippen LogP contribution in [0, 0.1) is 0 Å². The van der Waals surface area contributed by atoms with Crippen molar-refractivity contribution in [3.8, 4) is 0 Å². The lowest BCUT2D eigenvalue weighted by atomic mass is 10.1. The van der Waals surface area contributed by atoms with E-state index in [2.05, 4.69) is 64.4 Å². The molecule has 0 spiro atoms. The van der Waals surface area contributed by atoms with Crippen LogP contribution in [0.1, 0.15) is 16.5 Å². The molecule has 1 aliphatic rings. The standard InChI is InChI=1S/C19H23ClN2/c20-19(18-9-5-2-6-10-18)16-22-13-11-21(12-14-22)15-17-7-3-1-4-8-17/h1-10,19H,11-16H2. The van der Waals surface area contributed by atoms with Gasteiger partial charge in [0.1, 0.15) is 0 Å². The molecule has 0 aliphatic carbocycles. The van der Waals surface area contributed by atoms with Crippen LogP contribution in [0.4, 0.5) is 0 Å². The summed E-state index contributed by atoms with van der Waals surface area (Å²) < 4.78 is 0. The summed E-state index contributed by atoms with van der Waals surface area (Å²) in [5.74, 6) is 0. The van der Waals surface area contributed by atoms with E-state index in [9.17, 15) is 0 Å². The summed E-state index contributed by atoms with van der Waals surface area (Å²) in [6, 6.07) is 21.1. The third-order valence-corrected chi connectivity index (χ3v) is 4.68. The van der Waals surface area contributed by atoms with Gasteiger partial charge in [0.25, 0.3) is 0 Å². The fraction of sp³-hybridized carbons (Fsp3) is 0.368. The van der Waals surface area contributed by atoms with Gasteiger partial charge in [-0.05, 0) is 11.1 Å². The highest BCUT2D eigenvalue weighted by atomic mass is 35.5. The van der Waals surface area contributed by atoms with Gasteiger partial charge in [0.2, 0.25) is 0 Å². The number of nitrogens with zero attached hydrogens (tertiary/aromatic N) is 2. The molecular formula is C19H23ClN2. The summed E-state index contributed by atoms with van der Waals surface area (Å²) in [6.45, 7) is 6.43. The van der Waals surface area contributed by atoms with Gasteiger partial charge >= 0.3 is 0 Å². The maximum absolute atomic E-state index is 6.55. The van der Waals surface area contributed by atoms with Crippen LogP contribution in [0.3, 0.4) is 0 Å². The second-order valence-electron chi connectivity index (χ2n) is 5.94. The Balaban J connectivity index is 1.46. The van der Waals surface area contributed by atoms with Crippen LogP contribution in [0.2, 0.25) is 0 Å². The van der Waals surface area contributed by atoms with Crippen molar-refractivity contribution in [1.82, 2.24) is 9.80 Å². The number of hydrogen-bond acceptors (Lipinski definition) is 2. The molecule has 2 nitrogen and oxygen atoms in total. The summed E-state index contributed by atoms with van der Waals surface area (Å²) in [4.78, 5) is 5.00. The number of piperazine rings is 1. The molecule has 116 valence electrons. The van der Waals surface area contributed by atoms with Crippen molar-refractivity contribution in [1.29, 1.82) is 0 Å². The minimum absolute atomic E-state index is 0.0851. The first kappa shape index (κ1) is 15.5. The summed E-state index contributed by atoms with van der Waals surface area (Å²) in [7, 11) is 0. The molecule has 22 heavy (non-hydrogen) atoms. The second-order valence-corrected chi connectivity index (χ2v) is 6.47. The highest BCUT2D eigenvalue weighted by molar-refractivity contribution is 6.21.